The predicted molar refractivity (Wildman–Crippen MR) is 204 cm³/mol. The van der Waals surface area contributed by atoms with Gasteiger partial charge in [0.15, 0.2) is 7.28 Å². The highest BCUT2D eigenvalue weighted by Gasteiger charge is 2.27. The molecule has 8 aromatic rings. The number of anilines is 2. The first-order chi connectivity index (χ1) is 23.2. The van der Waals surface area contributed by atoms with Gasteiger partial charge in [-0.15, -0.1) is 0 Å². The van der Waals surface area contributed by atoms with Gasteiger partial charge < -0.3 is 9.88 Å². The van der Waals surface area contributed by atoms with Crippen LogP contribution >= 0.6 is 0 Å². The van der Waals surface area contributed by atoms with Crippen LogP contribution in [0.3, 0.4) is 0 Å². The summed E-state index contributed by atoms with van der Waals surface area (Å²) in [5.41, 5.74) is 13.7. The van der Waals surface area contributed by atoms with E-state index in [1.807, 2.05) is 0 Å². The second-order valence-electron chi connectivity index (χ2n) is 13.2. The van der Waals surface area contributed by atoms with Crippen molar-refractivity contribution in [1.29, 1.82) is 0 Å². The Morgan fingerprint density at radius 2 is 1.43 bits per heavy atom. The fraction of sp³-hybridized carbons (Fsp3) is 0.136. The van der Waals surface area contributed by atoms with Gasteiger partial charge in [0.05, 0.1) is 5.52 Å². The Morgan fingerprint density at radius 1 is 0.660 bits per heavy atom. The number of aromatic nitrogens is 1. The molecule has 0 saturated carbocycles. The number of para-hydroxylation sites is 1. The predicted octanol–water partition coefficient (Wildman–Crippen LogP) is 10.5. The van der Waals surface area contributed by atoms with Crippen LogP contribution in [0.1, 0.15) is 37.3 Å². The summed E-state index contributed by atoms with van der Waals surface area (Å²) in [6.07, 6.45) is 4.92. The molecule has 1 N–H and O–H groups in total. The SMILES string of the molecule is CCCCCc1ccc(Nc2ccc(C)cc2-c2c3c(cc4ccccc24)-n2c4cc5ccccc5cc4c4cccc(c42)[B]3)cc1. The van der Waals surface area contributed by atoms with E-state index in [0.717, 1.165) is 17.8 Å². The monoisotopic (exact) mass is 603 g/mol. The molecule has 0 atom stereocenters. The lowest BCUT2D eigenvalue weighted by Gasteiger charge is -2.26. The van der Waals surface area contributed by atoms with Crippen LogP contribution in [0.15, 0.2) is 127 Å². The number of benzene rings is 7. The number of rotatable bonds is 7. The molecule has 1 radical (unpaired) electrons. The molecular weight excluding hydrogens is 567 g/mol. The average molecular weight is 604 g/mol. The van der Waals surface area contributed by atoms with E-state index in [9.17, 15) is 0 Å². The Labute approximate surface area is 276 Å². The van der Waals surface area contributed by atoms with Gasteiger partial charge >= 0.3 is 0 Å². The highest BCUT2D eigenvalue weighted by molar-refractivity contribution is 6.74. The van der Waals surface area contributed by atoms with Gasteiger partial charge in [-0.2, -0.15) is 0 Å². The minimum absolute atomic E-state index is 1.11. The second-order valence-corrected chi connectivity index (χ2v) is 13.2. The summed E-state index contributed by atoms with van der Waals surface area (Å²) in [6, 6.07) is 47.4. The van der Waals surface area contributed by atoms with E-state index in [1.54, 1.807) is 0 Å². The van der Waals surface area contributed by atoms with Crippen LogP contribution in [0.4, 0.5) is 11.4 Å². The molecule has 3 heteroatoms. The first-order valence-corrected chi connectivity index (χ1v) is 17.0. The van der Waals surface area contributed by atoms with Crippen molar-refractivity contribution in [3.05, 3.63) is 139 Å². The molecule has 0 bridgehead atoms. The van der Waals surface area contributed by atoms with Crippen LogP contribution in [0, 0.1) is 6.92 Å². The van der Waals surface area contributed by atoms with Crippen molar-refractivity contribution >= 4 is 72.9 Å². The lowest BCUT2D eigenvalue weighted by Crippen LogP contribution is -2.37. The highest BCUT2D eigenvalue weighted by atomic mass is 15.0. The maximum Gasteiger partial charge on any atom is 0.197 e. The second kappa shape index (κ2) is 11.2. The summed E-state index contributed by atoms with van der Waals surface area (Å²) in [6.45, 7) is 4.46. The van der Waals surface area contributed by atoms with E-state index in [2.05, 4.69) is 158 Å². The van der Waals surface area contributed by atoms with Crippen molar-refractivity contribution in [2.45, 2.75) is 39.5 Å². The number of nitrogens with zero attached hydrogens (tertiary/aromatic N) is 1. The number of hydrogen-bond acceptors (Lipinski definition) is 1. The molecule has 1 aliphatic rings. The quantitative estimate of drug-likeness (QED) is 0.142. The molecule has 1 aliphatic heterocycles. The van der Waals surface area contributed by atoms with Gasteiger partial charge in [-0.1, -0.05) is 116 Å². The van der Waals surface area contributed by atoms with Gasteiger partial charge in [-0.25, -0.2) is 0 Å². The number of unbranched alkanes of at least 4 members (excludes halogenated alkanes) is 2. The zero-order valence-electron chi connectivity index (χ0n) is 27.0. The van der Waals surface area contributed by atoms with Gasteiger partial charge in [0.2, 0.25) is 0 Å². The molecule has 0 unspecified atom stereocenters. The van der Waals surface area contributed by atoms with Gasteiger partial charge in [0, 0.05) is 38.9 Å². The van der Waals surface area contributed by atoms with Crippen LogP contribution in [-0.2, 0) is 6.42 Å². The van der Waals surface area contributed by atoms with Crippen LogP contribution < -0.4 is 16.2 Å². The summed E-state index contributed by atoms with van der Waals surface area (Å²) < 4.78 is 2.53. The summed E-state index contributed by atoms with van der Waals surface area (Å²) in [7, 11) is 2.43. The molecule has 0 aliphatic carbocycles. The number of nitrogens with one attached hydrogen (secondary N) is 1. The Kier molecular flexibility index (Phi) is 6.67. The highest BCUT2D eigenvalue weighted by Crippen LogP contribution is 2.40. The van der Waals surface area contributed by atoms with E-state index in [0.29, 0.717) is 0 Å². The third kappa shape index (κ3) is 4.64. The molecule has 2 heterocycles. The Morgan fingerprint density at radius 3 is 2.26 bits per heavy atom. The van der Waals surface area contributed by atoms with Crippen molar-refractivity contribution in [1.82, 2.24) is 4.57 Å². The van der Waals surface area contributed by atoms with Crippen LogP contribution in [0.5, 0.6) is 0 Å². The van der Waals surface area contributed by atoms with Crippen molar-refractivity contribution in [3.63, 3.8) is 0 Å². The van der Waals surface area contributed by atoms with Gasteiger partial charge in [0.25, 0.3) is 0 Å². The minimum atomic E-state index is 1.11. The fourth-order valence-corrected chi connectivity index (χ4v) is 7.73. The molecule has 0 fully saturated rings. The van der Waals surface area contributed by atoms with E-state index >= 15 is 0 Å². The lowest BCUT2D eigenvalue weighted by molar-refractivity contribution is 0.717. The molecular formula is C44H36BN2. The molecule has 1 aromatic heterocycles. The molecule has 225 valence electrons. The third-order valence-corrected chi connectivity index (χ3v) is 10.0. The zero-order chi connectivity index (χ0) is 31.5. The average Bonchev–Trinajstić information content (AvgIpc) is 3.43. The minimum Gasteiger partial charge on any atom is -0.355 e. The number of fused-ring (bicyclic) bond motifs is 7. The fourth-order valence-electron chi connectivity index (χ4n) is 7.73. The smallest absolute Gasteiger partial charge is 0.197 e. The van der Waals surface area contributed by atoms with Crippen molar-refractivity contribution in [2.24, 2.45) is 0 Å². The number of aryl methyl sites for hydroxylation is 2. The standard InChI is InChI=1S/C44H36BN2/c1-3-4-5-11-29-19-21-33(22-20-29)46-39-23-18-28(2)24-37(39)42-34-15-9-8-14-32(34)27-41-43(42)45-38-17-10-16-35-36-25-30-12-6-7-13-31(30)26-40(36)47(41)44(35)38/h6-10,12-27,46H,3-5,11H2,1-2H3. The molecule has 2 nitrogen and oxygen atoms in total. The van der Waals surface area contributed by atoms with Gasteiger partial charge in [-0.3, -0.25) is 0 Å². The zero-order valence-corrected chi connectivity index (χ0v) is 27.0. The largest absolute Gasteiger partial charge is 0.355 e. The summed E-state index contributed by atoms with van der Waals surface area (Å²) in [5.74, 6) is 0. The number of hydrogen-bond donors (Lipinski definition) is 1. The first-order valence-electron chi connectivity index (χ1n) is 17.0. The van der Waals surface area contributed by atoms with E-state index in [1.165, 1.54) is 101 Å². The van der Waals surface area contributed by atoms with Crippen LogP contribution in [0.2, 0.25) is 0 Å². The maximum atomic E-state index is 3.83. The molecule has 0 spiro atoms. The summed E-state index contributed by atoms with van der Waals surface area (Å²) in [5, 5.41) is 11.5. The van der Waals surface area contributed by atoms with Gasteiger partial charge in [-0.05, 0) is 100 Å². The Hall–Kier alpha value is -5.28. The van der Waals surface area contributed by atoms with E-state index in [-0.39, 0.29) is 0 Å². The summed E-state index contributed by atoms with van der Waals surface area (Å²) >= 11 is 0. The van der Waals surface area contributed by atoms with Crippen molar-refractivity contribution in [2.75, 3.05) is 5.32 Å². The molecule has 9 rings (SSSR count). The third-order valence-electron chi connectivity index (χ3n) is 10.0. The molecule has 47 heavy (non-hydrogen) atoms. The van der Waals surface area contributed by atoms with Gasteiger partial charge in [0.1, 0.15) is 0 Å². The molecule has 0 amide bonds. The molecule has 7 aromatic carbocycles. The first kappa shape index (κ1) is 28.0. The van der Waals surface area contributed by atoms with Crippen LogP contribution in [-0.4, -0.2) is 11.8 Å². The normalized spacial score (nSPS) is 12.1. The topological polar surface area (TPSA) is 17.0 Å². The molecule has 0 saturated heterocycles. The summed E-state index contributed by atoms with van der Waals surface area (Å²) in [4.78, 5) is 0. The van der Waals surface area contributed by atoms with Crippen molar-refractivity contribution < 1.29 is 0 Å². The Balaban J connectivity index is 1.27. The maximum absolute atomic E-state index is 3.83. The lowest BCUT2D eigenvalue weighted by atomic mass is 9.58. The Bertz CT molecular complexity index is 2490. The van der Waals surface area contributed by atoms with Crippen molar-refractivity contribution in [3.8, 4) is 16.8 Å². The van der Waals surface area contributed by atoms with Crippen LogP contribution in [0.25, 0.3) is 60.2 Å². The van der Waals surface area contributed by atoms with E-state index < -0.39 is 0 Å². The van der Waals surface area contributed by atoms with E-state index in [4.69, 9.17) is 0 Å².